The fourth-order valence-corrected chi connectivity index (χ4v) is 6.64. The number of carbonyl (C=O) groups excluding carboxylic acids is 2. The lowest BCUT2D eigenvalue weighted by Crippen LogP contribution is -2.86. The van der Waals surface area contributed by atoms with Crippen LogP contribution < -0.4 is 0 Å². The smallest absolute Gasteiger partial charge is 0.303 e. The van der Waals surface area contributed by atoms with Crippen LogP contribution in [0.1, 0.15) is 67.7 Å². The number of hydrogen-bond acceptors (Lipinski definition) is 7. The molecule has 0 bridgehead atoms. The molecule has 1 heterocycles. The van der Waals surface area contributed by atoms with E-state index in [9.17, 15) is 24.9 Å². The molecule has 0 spiro atoms. The van der Waals surface area contributed by atoms with Crippen LogP contribution in [-0.2, 0) is 19.1 Å². The number of esters is 1. The molecule has 2 saturated carbocycles. The van der Waals surface area contributed by atoms with E-state index < -0.39 is 63.6 Å². The van der Waals surface area contributed by atoms with E-state index in [1.807, 2.05) is 13.8 Å². The largest absolute Gasteiger partial charge is 0.459 e. The fourth-order valence-electron chi connectivity index (χ4n) is 6.64. The molecule has 3 N–H and O–H groups in total. The summed E-state index contributed by atoms with van der Waals surface area (Å²) in [6, 6.07) is 0. The topological polar surface area (TPSA) is 113 Å². The monoisotopic (exact) mass is 398 g/mol. The van der Waals surface area contributed by atoms with Gasteiger partial charge in [-0.05, 0) is 39.0 Å². The molecule has 3 aliphatic rings. The average Bonchev–Trinajstić information content (AvgIpc) is 2.52. The van der Waals surface area contributed by atoms with Crippen molar-refractivity contribution in [1.29, 1.82) is 0 Å². The van der Waals surface area contributed by atoms with Crippen LogP contribution in [0.15, 0.2) is 0 Å². The second-order valence-corrected chi connectivity index (χ2v) is 10.6. The number of rotatable bonds is 1. The highest BCUT2D eigenvalue weighted by Crippen LogP contribution is 2.66. The zero-order valence-corrected chi connectivity index (χ0v) is 17.9. The van der Waals surface area contributed by atoms with E-state index in [-0.39, 0.29) is 6.42 Å². The Morgan fingerprint density at radius 1 is 1.14 bits per heavy atom. The Bertz CT molecular complexity index is 701. The number of carbonyl (C=O) groups is 2. The minimum Gasteiger partial charge on any atom is -0.459 e. The highest BCUT2D eigenvalue weighted by molar-refractivity contribution is 5.92. The number of aliphatic hydroxyl groups excluding tert-OH is 2. The zero-order chi connectivity index (χ0) is 21.5. The van der Waals surface area contributed by atoms with Crippen LogP contribution in [0.3, 0.4) is 0 Å². The van der Waals surface area contributed by atoms with Crippen LogP contribution in [0.4, 0.5) is 0 Å². The molecule has 2 aliphatic carbocycles. The minimum absolute atomic E-state index is 0.0422. The maximum Gasteiger partial charge on any atom is 0.303 e. The third-order valence-corrected chi connectivity index (χ3v) is 7.72. The molecule has 3 rings (SSSR count). The van der Waals surface area contributed by atoms with Crippen LogP contribution in [0.5, 0.6) is 0 Å². The molecule has 160 valence electrons. The Labute approximate surface area is 166 Å². The molecule has 3 fully saturated rings. The van der Waals surface area contributed by atoms with Crippen molar-refractivity contribution in [2.75, 3.05) is 0 Å². The van der Waals surface area contributed by atoms with Crippen molar-refractivity contribution in [3.8, 4) is 0 Å². The maximum atomic E-state index is 13.4. The van der Waals surface area contributed by atoms with Gasteiger partial charge in [0.15, 0.2) is 11.4 Å². The van der Waals surface area contributed by atoms with Crippen molar-refractivity contribution in [3.63, 3.8) is 0 Å². The van der Waals surface area contributed by atoms with Gasteiger partial charge >= 0.3 is 5.97 Å². The van der Waals surface area contributed by atoms with E-state index in [1.165, 1.54) is 13.8 Å². The van der Waals surface area contributed by atoms with Crippen molar-refractivity contribution in [2.24, 2.45) is 16.7 Å². The highest BCUT2D eigenvalue weighted by Gasteiger charge is 2.80. The first kappa shape index (κ1) is 21.7. The summed E-state index contributed by atoms with van der Waals surface area (Å²) in [4.78, 5) is 25.3. The Morgan fingerprint density at radius 3 is 2.25 bits per heavy atom. The summed E-state index contributed by atoms with van der Waals surface area (Å²) in [5.41, 5.74) is -6.66. The average molecular weight is 398 g/mol. The summed E-state index contributed by atoms with van der Waals surface area (Å²) in [6.07, 6.45) is -2.54. The van der Waals surface area contributed by atoms with E-state index in [0.29, 0.717) is 12.8 Å². The van der Waals surface area contributed by atoms with Gasteiger partial charge in [-0.3, -0.25) is 9.59 Å². The second kappa shape index (κ2) is 6.00. The standard InChI is InChI=1S/C21H34O7/c1-11(22)27-14-15-17(2,3)9-8-12(23)19(15,6)21(26)13(24)10-18(4,5)28-20(21,7)16(14)25/h12,14-16,23,25-26H,8-10H2,1-7H3/t12-,14-,15-,16-,19-,20+,21-/m0/s1. The van der Waals surface area contributed by atoms with Crippen LogP contribution >= 0.6 is 0 Å². The van der Waals surface area contributed by atoms with Crippen LogP contribution in [0, 0.1) is 16.7 Å². The van der Waals surface area contributed by atoms with Gasteiger partial charge in [0, 0.05) is 24.7 Å². The van der Waals surface area contributed by atoms with Crippen molar-refractivity contribution in [3.05, 3.63) is 0 Å². The van der Waals surface area contributed by atoms with Gasteiger partial charge in [-0.2, -0.15) is 0 Å². The second-order valence-electron chi connectivity index (χ2n) is 10.6. The summed E-state index contributed by atoms with van der Waals surface area (Å²) in [5, 5.41) is 34.5. The van der Waals surface area contributed by atoms with Gasteiger partial charge in [-0.1, -0.05) is 20.8 Å². The molecule has 0 unspecified atom stereocenters. The summed E-state index contributed by atoms with van der Waals surface area (Å²) in [7, 11) is 0. The molecule has 7 atom stereocenters. The summed E-state index contributed by atoms with van der Waals surface area (Å²) in [6.45, 7) is 11.8. The van der Waals surface area contributed by atoms with E-state index in [4.69, 9.17) is 9.47 Å². The number of ether oxygens (including phenoxy) is 2. The lowest BCUT2D eigenvalue weighted by atomic mass is 9.40. The lowest BCUT2D eigenvalue weighted by molar-refractivity contribution is -0.373. The van der Waals surface area contributed by atoms with Crippen molar-refractivity contribution < 1.29 is 34.4 Å². The Kier molecular flexibility index (Phi) is 4.65. The van der Waals surface area contributed by atoms with Crippen LogP contribution in [0.2, 0.25) is 0 Å². The molecule has 1 saturated heterocycles. The summed E-state index contributed by atoms with van der Waals surface area (Å²) >= 11 is 0. The van der Waals surface area contributed by atoms with Gasteiger partial charge in [0.25, 0.3) is 0 Å². The van der Waals surface area contributed by atoms with E-state index in [2.05, 4.69) is 0 Å². The van der Waals surface area contributed by atoms with Gasteiger partial charge in [0.05, 0.1) is 11.7 Å². The Balaban J connectivity index is 2.31. The number of Topliss-reactive ketones (excluding diaryl/α,β-unsaturated/α-hetero) is 1. The molecular formula is C21H34O7. The molecule has 0 amide bonds. The van der Waals surface area contributed by atoms with Gasteiger partial charge in [-0.25, -0.2) is 0 Å². The summed E-state index contributed by atoms with van der Waals surface area (Å²) in [5.74, 6) is -1.68. The minimum atomic E-state index is -2.13. The highest BCUT2D eigenvalue weighted by atomic mass is 16.6. The Hall–Kier alpha value is -1.02. The van der Waals surface area contributed by atoms with Crippen molar-refractivity contribution in [1.82, 2.24) is 0 Å². The zero-order valence-electron chi connectivity index (χ0n) is 17.9. The fraction of sp³-hybridized carbons (Fsp3) is 0.905. The third-order valence-electron chi connectivity index (χ3n) is 7.72. The quantitative estimate of drug-likeness (QED) is 0.572. The first-order valence-corrected chi connectivity index (χ1v) is 10.0. The Morgan fingerprint density at radius 2 is 1.71 bits per heavy atom. The van der Waals surface area contributed by atoms with Gasteiger partial charge < -0.3 is 24.8 Å². The molecule has 7 heteroatoms. The van der Waals surface area contributed by atoms with Gasteiger partial charge in [0.1, 0.15) is 17.8 Å². The molecule has 0 radical (unpaired) electrons. The van der Waals surface area contributed by atoms with Gasteiger partial charge in [-0.15, -0.1) is 0 Å². The predicted molar refractivity (Wildman–Crippen MR) is 100 cm³/mol. The predicted octanol–water partition coefficient (Wildman–Crippen LogP) is 1.35. The van der Waals surface area contributed by atoms with Gasteiger partial charge in [0.2, 0.25) is 0 Å². The van der Waals surface area contributed by atoms with E-state index in [0.717, 1.165) is 0 Å². The molecule has 28 heavy (non-hydrogen) atoms. The molecule has 0 aromatic heterocycles. The molecular weight excluding hydrogens is 364 g/mol. The van der Waals surface area contributed by atoms with E-state index in [1.54, 1.807) is 20.8 Å². The number of ketones is 1. The summed E-state index contributed by atoms with van der Waals surface area (Å²) < 4.78 is 11.8. The lowest BCUT2D eigenvalue weighted by Gasteiger charge is -2.71. The van der Waals surface area contributed by atoms with Crippen molar-refractivity contribution in [2.45, 2.75) is 103 Å². The molecule has 7 nitrogen and oxygen atoms in total. The normalized spacial score (nSPS) is 49.7. The first-order chi connectivity index (χ1) is 12.5. The third kappa shape index (κ3) is 2.49. The molecule has 1 aliphatic heterocycles. The maximum absolute atomic E-state index is 13.4. The number of fused-ring (bicyclic) bond motifs is 3. The molecule has 0 aromatic rings. The molecule has 0 aromatic carbocycles. The number of aliphatic hydroxyl groups is 3. The SMILES string of the molecule is CC(=O)O[C@H]1[C@H]2C(C)(C)CC[C@H](O)[C@]2(C)[C@@]2(O)C(=O)CC(C)(C)O[C@]2(C)[C@H]1O. The first-order valence-electron chi connectivity index (χ1n) is 10.0. The van der Waals surface area contributed by atoms with E-state index >= 15 is 0 Å². The van der Waals surface area contributed by atoms with Crippen LogP contribution in [0.25, 0.3) is 0 Å². The number of hydrogen-bond donors (Lipinski definition) is 3. The van der Waals surface area contributed by atoms with Crippen molar-refractivity contribution >= 4 is 11.8 Å². The van der Waals surface area contributed by atoms with Crippen LogP contribution in [-0.4, -0.2) is 62.2 Å².